The fourth-order valence-corrected chi connectivity index (χ4v) is 6.27. The zero-order chi connectivity index (χ0) is 32.2. The lowest BCUT2D eigenvalue weighted by atomic mass is 10.00. The average Bonchev–Trinajstić information content (AvgIpc) is 3.97. The molecular formula is C33H27ClF4N8. The highest BCUT2D eigenvalue weighted by molar-refractivity contribution is 6.35. The van der Waals surface area contributed by atoms with Crippen molar-refractivity contribution in [2.45, 2.75) is 56.4 Å². The predicted molar refractivity (Wildman–Crippen MR) is 165 cm³/mol. The SMILES string of the molecule is Cc1nc(F)ccc1C(Nc1cc(Cl)c2ncc(C#N)c(NC(c3ccccc3)C3CC3)c2c1)c1cn(C2(C(F)(F)F)CC2)nn1. The van der Waals surface area contributed by atoms with Crippen molar-refractivity contribution in [1.29, 1.82) is 5.26 Å². The largest absolute Gasteiger partial charge is 0.413 e. The first-order chi connectivity index (χ1) is 22.1. The molecule has 2 N–H and O–H groups in total. The third-order valence-corrected chi connectivity index (χ3v) is 9.10. The van der Waals surface area contributed by atoms with Crippen LogP contribution in [0, 0.1) is 30.1 Å². The Hall–Kier alpha value is -4.76. The van der Waals surface area contributed by atoms with Crippen LogP contribution in [0.1, 0.15) is 65.8 Å². The van der Waals surface area contributed by atoms with Gasteiger partial charge in [-0.15, -0.1) is 5.10 Å². The summed E-state index contributed by atoms with van der Waals surface area (Å²) in [6, 6.07) is 17.4. The number of pyridine rings is 2. The number of nitriles is 1. The summed E-state index contributed by atoms with van der Waals surface area (Å²) in [5, 5.41) is 25.9. The zero-order valence-electron chi connectivity index (χ0n) is 24.5. The van der Waals surface area contributed by atoms with E-state index in [0.29, 0.717) is 50.0 Å². The molecule has 234 valence electrons. The maximum Gasteiger partial charge on any atom is 0.413 e. The summed E-state index contributed by atoms with van der Waals surface area (Å²) in [7, 11) is 0. The van der Waals surface area contributed by atoms with Crippen LogP contribution < -0.4 is 10.6 Å². The Bertz CT molecular complexity index is 1980. The highest BCUT2D eigenvalue weighted by Gasteiger charge is 2.66. The number of halogens is 5. The molecule has 2 aliphatic rings. The molecule has 2 atom stereocenters. The quantitative estimate of drug-likeness (QED) is 0.123. The van der Waals surface area contributed by atoms with E-state index in [0.717, 1.165) is 23.1 Å². The van der Waals surface area contributed by atoms with Gasteiger partial charge in [-0.3, -0.25) is 4.98 Å². The number of hydrogen-bond acceptors (Lipinski definition) is 7. The summed E-state index contributed by atoms with van der Waals surface area (Å²) in [5.41, 5.74) is 1.84. The summed E-state index contributed by atoms with van der Waals surface area (Å²) in [4.78, 5) is 8.40. The molecule has 3 aromatic heterocycles. The summed E-state index contributed by atoms with van der Waals surface area (Å²) in [6.45, 7) is 1.61. The number of alkyl halides is 3. The van der Waals surface area contributed by atoms with Gasteiger partial charge in [-0.05, 0) is 62.3 Å². The zero-order valence-corrected chi connectivity index (χ0v) is 25.2. The van der Waals surface area contributed by atoms with Crippen LogP contribution in [-0.2, 0) is 5.54 Å². The number of benzene rings is 2. The predicted octanol–water partition coefficient (Wildman–Crippen LogP) is 8.01. The highest BCUT2D eigenvalue weighted by Crippen LogP contribution is 2.55. The molecule has 2 fully saturated rings. The molecule has 3 heterocycles. The van der Waals surface area contributed by atoms with Crippen molar-refractivity contribution in [2.75, 3.05) is 10.6 Å². The minimum Gasteiger partial charge on any atom is -0.376 e. The third-order valence-electron chi connectivity index (χ3n) is 8.81. The van der Waals surface area contributed by atoms with Gasteiger partial charge >= 0.3 is 6.18 Å². The molecule has 0 spiro atoms. The van der Waals surface area contributed by atoms with Crippen LogP contribution >= 0.6 is 11.6 Å². The van der Waals surface area contributed by atoms with Crippen LogP contribution in [0.3, 0.4) is 0 Å². The molecule has 7 rings (SSSR count). The molecule has 0 aliphatic heterocycles. The molecule has 0 radical (unpaired) electrons. The topological polar surface area (TPSA) is 104 Å². The van der Waals surface area contributed by atoms with E-state index in [-0.39, 0.29) is 24.6 Å². The van der Waals surface area contributed by atoms with Gasteiger partial charge in [-0.1, -0.05) is 53.2 Å². The number of anilines is 2. The molecule has 2 aromatic carbocycles. The number of hydrogen-bond donors (Lipinski definition) is 2. The van der Waals surface area contributed by atoms with E-state index >= 15 is 0 Å². The van der Waals surface area contributed by atoms with Gasteiger partial charge in [0.1, 0.15) is 11.8 Å². The molecule has 46 heavy (non-hydrogen) atoms. The molecule has 0 bridgehead atoms. The number of aromatic nitrogens is 5. The molecule has 8 nitrogen and oxygen atoms in total. The Balaban J connectivity index is 1.32. The highest BCUT2D eigenvalue weighted by atomic mass is 35.5. The van der Waals surface area contributed by atoms with Crippen LogP contribution in [-0.4, -0.2) is 31.1 Å². The van der Waals surface area contributed by atoms with Gasteiger partial charge in [-0.25, -0.2) is 9.67 Å². The first kappa shape index (κ1) is 29.9. The molecule has 2 saturated carbocycles. The lowest BCUT2D eigenvalue weighted by Crippen LogP contribution is -2.35. The van der Waals surface area contributed by atoms with E-state index in [1.165, 1.54) is 24.5 Å². The Labute approximate surface area is 266 Å². The number of fused-ring (bicyclic) bond motifs is 1. The summed E-state index contributed by atoms with van der Waals surface area (Å²) < 4.78 is 56.6. The second kappa shape index (κ2) is 11.2. The normalized spacial score (nSPS) is 16.9. The fraction of sp³-hybridized carbons (Fsp3) is 0.303. The van der Waals surface area contributed by atoms with Gasteiger partial charge in [0.05, 0.1) is 40.1 Å². The lowest BCUT2D eigenvalue weighted by molar-refractivity contribution is -0.182. The average molecular weight is 647 g/mol. The van der Waals surface area contributed by atoms with Gasteiger partial charge in [0.15, 0.2) is 5.54 Å². The van der Waals surface area contributed by atoms with E-state index in [1.54, 1.807) is 19.1 Å². The van der Waals surface area contributed by atoms with E-state index in [4.69, 9.17) is 11.6 Å². The summed E-state index contributed by atoms with van der Waals surface area (Å²) in [5.74, 6) is -0.304. The Kier molecular flexibility index (Phi) is 7.31. The van der Waals surface area contributed by atoms with Crippen molar-refractivity contribution < 1.29 is 17.6 Å². The van der Waals surface area contributed by atoms with Crippen molar-refractivity contribution in [3.8, 4) is 6.07 Å². The minimum atomic E-state index is -4.49. The molecule has 0 amide bonds. The lowest BCUT2D eigenvalue weighted by Gasteiger charge is -2.23. The Morgan fingerprint density at radius 2 is 1.85 bits per heavy atom. The first-order valence-corrected chi connectivity index (χ1v) is 15.2. The van der Waals surface area contributed by atoms with Crippen LogP contribution in [0.15, 0.2) is 67.0 Å². The Morgan fingerprint density at radius 3 is 2.50 bits per heavy atom. The maximum absolute atomic E-state index is 14.0. The Morgan fingerprint density at radius 1 is 1.09 bits per heavy atom. The third kappa shape index (κ3) is 5.38. The number of nitrogens with zero attached hydrogens (tertiary/aromatic N) is 6. The summed E-state index contributed by atoms with van der Waals surface area (Å²) >= 11 is 6.78. The number of aryl methyl sites for hydroxylation is 1. The van der Waals surface area contributed by atoms with Gasteiger partial charge in [0, 0.05) is 28.5 Å². The van der Waals surface area contributed by atoms with Crippen molar-refractivity contribution in [3.05, 3.63) is 106 Å². The monoisotopic (exact) mass is 646 g/mol. The maximum atomic E-state index is 14.0. The van der Waals surface area contributed by atoms with Crippen LogP contribution in [0.5, 0.6) is 0 Å². The molecule has 5 aromatic rings. The van der Waals surface area contributed by atoms with Gasteiger partial charge in [0.25, 0.3) is 0 Å². The first-order valence-electron chi connectivity index (χ1n) is 14.8. The van der Waals surface area contributed by atoms with Crippen molar-refractivity contribution in [1.82, 2.24) is 25.0 Å². The smallest absolute Gasteiger partial charge is 0.376 e. The molecule has 0 saturated heterocycles. The van der Waals surface area contributed by atoms with E-state index in [9.17, 15) is 22.8 Å². The second-order valence-electron chi connectivity index (χ2n) is 11.9. The second-order valence-corrected chi connectivity index (χ2v) is 12.3. The van der Waals surface area contributed by atoms with Crippen molar-refractivity contribution in [3.63, 3.8) is 0 Å². The minimum absolute atomic E-state index is 0.0478. The van der Waals surface area contributed by atoms with E-state index in [2.05, 4.69) is 37.0 Å². The molecule has 13 heteroatoms. The van der Waals surface area contributed by atoms with Gasteiger partial charge in [0.2, 0.25) is 5.95 Å². The number of nitrogens with one attached hydrogen (secondary N) is 2. The van der Waals surface area contributed by atoms with Gasteiger partial charge in [-0.2, -0.15) is 22.8 Å². The van der Waals surface area contributed by atoms with Crippen LogP contribution in [0.4, 0.5) is 28.9 Å². The van der Waals surface area contributed by atoms with E-state index < -0.39 is 23.7 Å². The van der Waals surface area contributed by atoms with Crippen molar-refractivity contribution in [2.24, 2.45) is 5.92 Å². The molecule has 2 aliphatic carbocycles. The van der Waals surface area contributed by atoms with Crippen LogP contribution in [0.25, 0.3) is 10.9 Å². The molecular weight excluding hydrogens is 620 g/mol. The van der Waals surface area contributed by atoms with E-state index in [1.807, 2.05) is 30.3 Å². The van der Waals surface area contributed by atoms with Crippen LogP contribution in [0.2, 0.25) is 5.02 Å². The standard InChI is InChI=1S/C33H27ClF4N8/c1-18-23(9-10-27(35)41-18)31(26-17-46(45-44-26)32(11-12-32)33(36,37)38)42-22-13-24-29(21(15-39)16-40-30(24)25(34)14-22)43-28(20-7-8-20)19-5-3-2-4-6-19/h2-6,9-10,13-14,16-17,20,28,31,42H,7-8,11-12H2,1H3,(H,40,43). The fourth-order valence-electron chi connectivity index (χ4n) is 6.00. The van der Waals surface area contributed by atoms with Crippen molar-refractivity contribution >= 4 is 33.9 Å². The summed E-state index contributed by atoms with van der Waals surface area (Å²) in [6.07, 6.45) is 0.177. The molecule has 2 unspecified atom stereocenters. The van der Waals surface area contributed by atoms with Gasteiger partial charge < -0.3 is 10.6 Å². The number of rotatable bonds is 9.